The first-order chi connectivity index (χ1) is 11.5. The highest BCUT2D eigenvalue weighted by Crippen LogP contribution is 2.21. The molecule has 0 amide bonds. The number of benzene rings is 1. The van der Waals surface area contributed by atoms with Crippen LogP contribution in [-0.2, 0) is 0 Å². The SMILES string of the molecule is CCCCC(CC)CC[NH+](CCCC)c1cc(F)c(F)c(F)c1F. The zero-order valence-electron chi connectivity index (χ0n) is 15.0. The average Bonchev–Trinajstić information content (AvgIpc) is 2.59. The van der Waals surface area contributed by atoms with Crippen molar-refractivity contribution >= 4 is 5.69 Å². The second kappa shape index (κ2) is 10.7. The van der Waals surface area contributed by atoms with Gasteiger partial charge in [0.2, 0.25) is 11.6 Å². The highest BCUT2D eigenvalue weighted by Gasteiger charge is 2.26. The topological polar surface area (TPSA) is 4.44 Å². The van der Waals surface area contributed by atoms with Crippen LogP contribution in [0, 0.1) is 29.2 Å². The molecule has 5 heteroatoms. The van der Waals surface area contributed by atoms with Crippen LogP contribution in [0.15, 0.2) is 6.07 Å². The fourth-order valence-corrected chi connectivity index (χ4v) is 3.04. The molecule has 0 aromatic heterocycles. The van der Waals surface area contributed by atoms with Gasteiger partial charge in [0.15, 0.2) is 17.3 Å². The average molecular weight is 348 g/mol. The third kappa shape index (κ3) is 5.76. The first-order valence-electron chi connectivity index (χ1n) is 9.14. The van der Waals surface area contributed by atoms with Gasteiger partial charge in [-0.25, -0.2) is 13.2 Å². The van der Waals surface area contributed by atoms with Crippen molar-refractivity contribution in [3.63, 3.8) is 0 Å². The van der Waals surface area contributed by atoms with E-state index in [2.05, 4.69) is 13.8 Å². The van der Waals surface area contributed by atoms with Crippen molar-refractivity contribution in [1.82, 2.24) is 0 Å². The Bertz CT molecular complexity index is 505. The van der Waals surface area contributed by atoms with Crippen LogP contribution in [0.4, 0.5) is 23.2 Å². The first-order valence-corrected chi connectivity index (χ1v) is 9.14. The van der Waals surface area contributed by atoms with Gasteiger partial charge < -0.3 is 0 Å². The Hall–Kier alpha value is -1.10. The summed E-state index contributed by atoms with van der Waals surface area (Å²) >= 11 is 0. The second-order valence-electron chi connectivity index (χ2n) is 6.51. The van der Waals surface area contributed by atoms with Gasteiger partial charge in [-0.1, -0.05) is 52.9 Å². The molecule has 1 nitrogen and oxygen atoms in total. The summed E-state index contributed by atoms with van der Waals surface area (Å²) in [4.78, 5) is 0.696. The van der Waals surface area contributed by atoms with Crippen molar-refractivity contribution in [2.45, 2.75) is 65.7 Å². The normalized spacial score (nSPS) is 14.0. The predicted molar refractivity (Wildman–Crippen MR) is 89.5 cm³/mol. The summed E-state index contributed by atoms with van der Waals surface area (Å²) in [5.74, 6) is -5.50. The van der Waals surface area contributed by atoms with E-state index in [1.54, 1.807) is 0 Å². The molecular formula is C19H30F4N+. The molecule has 0 heterocycles. The molecule has 0 spiro atoms. The van der Waals surface area contributed by atoms with Gasteiger partial charge in [-0.3, -0.25) is 4.90 Å². The lowest BCUT2D eigenvalue weighted by atomic mass is 9.95. The van der Waals surface area contributed by atoms with Gasteiger partial charge in [-0.05, 0) is 18.8 Å². The maximum absolute atomic E-state index is 14.1. The number of rotatable bonds is 11. The van der Waals surface area contributed by atoms with E-state index in [9.17, 15) is 17.6 Å². The number of halogens is 4. The summed E-state index contributed by atoms with van der Waals surface area (Å²) in [5, 5.41) is 0. The van der Waals surface area contributed by atoms with Gasteiger partial charge in [0.1, 0.15) is 0 Å². The lowest BCUT2D eigenvalue weighted by Crippen LogP contribution is -3.07. The van der Waals surface area contributed by atoms with Crippen LogP contribution in [0.5, 0.6) is 0 Å². The molecule has 0 aliphatic heterocycles. The number of quaternary nitrogens is 1. The molecule has 1 aromatic rings. The number of hydrogen-bond acceptors (Lipinski definition) is 0. The summed E-state index contributed by atoms with van der Waals surface area (Å²) in [5.41, 5.74) is -0.0924. The number of hydrogen-bond donors (Lipinski definition) is 1. The van der Waals surface area contributed by atoms with E-state index in [4.69, 9.17) is 0 Å². The predicted octanol–water partition coefficient (Wildman–Crippen LogP) is 5.17. The largest absolute Gasteiger partial charge is 0.300 e. The molecule has 0 fully saturated rings. The van der Waals surface area contributed by atoms with Gasteiger partial charge in [-0.2, -0.15) is 4.39 Å². The maximum Gasteiger partial charge on any atom is 0.222 e. The molecule has 2 atom stereocenters. The summed E-state index contributed by atoms with van der Waals surface area (Å²) in [6.07, 6.45) is 7.03. The van der Waals surface area contributed by atoms with E-state index < -0.39 is 23.3 Å². The molecule has 1 rings (SSSR count). The molecule has 1 aromatic carbocycles. The van der Waals surface area contributed by atoms with Crippen molar-refractivity contribution in [3.8, 4) is 0 Å². The Morgan fingerprint density at radius 1 is 0.833 bits per heavy atom. The van der Waals surface area contributed by atoms with Gasteiger partial charge in [0.05, 0.1) is 13.1 Å². The molecular weight excluding hydrogens is 318 g/mol. The monoisotopic (exact) mass is 348 g/mol. The van der Waals surface area contributed by atoms with Crippen LogP contribution >= 0.6 is 0 Å². The minimum absolute atomic E-state index is 0.0924. The van der Waals surface area contributed by atoms with Gasteiger partial charge in [0.25, 0.3) is 0 Å². The molecule has 24 heavy (non-hydrogen) atoms. The summed E-state index contributed by atoms with van der Waals surface area (Å²) in [6.45, 7) is 7.47. The Kier molecular flexibility index (Phi) is 9.34. The van der Waals surface area contributed by atoms with E-state index in [-0.39, 0.29) is 5.69 Å². The van der Waals surface area contributed by atoms with Crippen molar-refractivity contribution in [2.24, 2.45) is 5.92 Å². The Morgan fingerprint density at radius 3 is 2.08 bits per heavy atom. The summed E-state index contributed by atoms with van der Waals surface area (Å²) < 4.78 is 54.4. The zero-order chi connectivity index (χ0) is 18.1. The van der Waals surface area contributed by atoms with Crippen molar-refractivity contribution in [3.05, 3.63) is 29.3 Å². The molecule has 0 aliphatic rings. The third-order valence-corrected chi connectivity index (χ3v) is 4.71. The lowest BCUT2D eigenvalue weighted by Gasteiger charge is -2.22. The zero-order valence-corrected chi connectivity index (χ0v) is 15.0. The maximum atomic E-state index is 14.1. The summed E-state index contributed by atoms with van der Waals surface area (Å²) in [6, 6.07) is 0.811. The molecule has 0 saturated carbocycles. The van der Waals surface area contributed by atoms with Gasteiger partial charge in [0, 0.05) is 6.07 Å². The Morgan fingerprint density at radius 2 is 1.50 bits per heavy atom. The minimum Gasteiger partial charge on any atom is -0.300 e. The van der Waals surface area contributed by atoms with Crippen molar-refractivity contribution in [1.29, 1.82) is 0 Å². The van der Waals surface area contributed by atoms with Gasteiger partial charge in [-0.15, -0.1) is 0 Å². The van der Waals surface area contributed by atoms with Crippen LogP contribution in [0.25, 0.3) is 0 Å². The van der Waals surface area contributed by atoms with E-state index in [0.717, 1.165) is 51.0 Å². The number of nitrogens with one attached hydrogen (secondary N) is 1. The molecule has 2 unspecified atom stereocenters. The van der Waals surface area contributed by atoms with Crippen molar-refractivity contribution in [2.75, 3.05) is 13.1 Å². The van der Waals surface area contributed by atoms with E-state index in [0.29, 0.717) is 23.9 Å². The Balaban J connectivity index is 2.93. The van der Waals surface area contributed by atoms with E-state index in [1.165, 1.54) is 0 Å². The van der Waals surface area contributed by atoms with Crippen molar-refractivity contribution < 1.29 is 22.5 Å². The third-order valence-electron chi connectivity index (χ3n) is 4.71. The van der Waals surface area contributed by atoms with Crippen LogP contribution in [0.2, 0.25) is 0 Å². The van der Waals surface area contributed by atoms with Crippen LogP contribution in [0.1, 0.15) is 65.7 Å². The standard InChI is InChI=1S/C19H29F4N/c1-4-7-9-14(6-3)10-12-24(11-8-5-2)16-13-15(20)17(21)19(23)18(16)22/h13-14H,4-12H2,1-3H3/p+1. The molecule has 0 radical (unpaired) electrons. The van der Waals surface area contributed by atoms with Crippen LogP contribution in [-0.4, -0.2) is 13.1 Å². The fourth-order valence-electron chi connectivity index (χ4n) is 3.04. The Labute approximate surface area is 143 Å². The van der Waals surface area contributed by atoms with E-state index >= 15 is 0 Å². The van der Waals surface area contributed by atoms with E-state index in [1.807, 2.05) is 6.92 Å². The summed E-state index contributed by atoms with van der Waals surface area (Å²) in [7, 11) is 0. The lowest BCUT2D eigenvalue weighted by molar-refractivity contribution is -0.835. The highest BCUT2D eigenvalue weighted by atomic mass is 19.2. The molecule has 1 N–H and O–H groups in total. The smallest absolute Gasteiger partial charge is 0.222 e. The number of unbranched alkanes of at least 4 members (excludes halogenated alkanes) is 2. The molecule has 138 valence electrons. The van der Waals surface area contributed by atoms with Crippen LogP contribution in [0.3, 0.4) is 0 Å². The molecule has 0 saturated heterocycles. The molecule has 0 bridgehead atoms. The van der Waals surface area contributed by atoms with Gasteiger partial charge >= 0.3 is 0 Å². The second-order valence-corrected chi connectivity index (χ2v) is 6.51. The highest BCUT2D eigenvalue weighted by molar-refractivity contribution is 5.33. The fraction of sp³-hybridized carbons (Fsp3) is 0.684. The van der Waals surface area contributed by atoms with Crippen LogP contribution < -0.4 is 4.90 Å². The quantitative estimate of drug-likeness (QED) is 0.320. The molecule has 0 aliphatic carbocycles. The first kappa shape index (κ1) is 20.9. The minimum atomic E-state index is -1.74.